The molecular weight excluding hydrogens is 1270 g/mol. The van der Waals surface area contributed by atoms with Crippen molar-refractivity contribution in [1.29, 1.82) is 0 Å². The predicted octanol–water partition coefficient (Wildman–Crippen LogP) is 13.4. The molecule has 28 heteroatoms. The van der Waals surface area contributed by atoms with Gasteiger partial charge in [0, 0.05) is 40.2 Å². The third-order valence-electron chi connectivity index (χ3n) is 11.5. The molecule has 3 aromatic heterocycles. The van der Waals surface area contributed by atoms with Gasteiger partial charge in [-0.25, -0.2) is 23.7 Å². The number of nitrogens with one attached hydrogen (secondary N) is 3. The summed E-state index contributed by atoms with van der Waals surface area (Å²) >= 11 is 48.0. The van der Waals surface area contributed by atoms with Crippen molar-refractivity contribution in [2.24, 2.45) is 0 Å². The van der Waals surface area contributed by atoms with Gasteiger partial charge in [-0.15, -0.1) is 0 Å². The Labute approximate surface area is 528 Å². The van der Waals surface area contributed by atoms with Gasteiger partial charge < -0.3 is 35.3 Å². The number of aromatic nitrogens is 6. The number of nitrogen functional groups attached to an aromatic ring is 1. The number of Topliss-reactive ketones (excluding diaryl/α,β-unsaturated/α-hetero) is 2. The molecule has 2 aliphatic heterocycles. The summed E-state index contributed by atoms with van der Waals surface area (Å²) in [4.78, 5) is 77.7. The molecule has 0 spiro atoms. The number of halogens is 8. The molecule has 2 atom stereocenters. The lowest BCUT2D eigenvalue weighted by Gasteiger charge is -2.29. The van der Waals surface area contributed by atoms with Crippen molar-refractivity contribution in [3.63, 3.8) is 0 Å². The van der Waals surface area contributed by atoms with Crippen molar-refractivity contribution in [2.75, 3.05) is 44.8 Å². The maximum atomic E-state index is 12.3. The van der Waals surface area contributed by atoms with E-state index in [4.69, 9.17) is 108 Å². The lowest BCUT2D eigenvalue weighted by Crippen LogP contribution is -2.29. The van der Waals surface area contributed by atoms with Crippen molar-refractivity contribution in [3.05, 3.63) is 200 Å². The third-order valence-corrected chi connectivity index (χ3v) is 14.8. The molecule has 0 saturated carbocycles. The molecule has 85 heavy (non-hydrogen) atoms. The highest BCUT2D eigenvalue weighted by Crippen LogP contribution is 2.42. The Morgan fingerprint density at radius 3 is 1.32 bits per heavy atom. The van der Waals surface area contributed by atoms with E-state index in [1.807, 2.05) is 38.1 Å². The lowest BCUT2D eigenvalue weighted by molar-refractivity contribution is -0.143. The molecule has 448 valence electrons. The first kappa shape index (κ1) is 69.8. The first-order chi connectivity index (χ1) is 40.4. The fraction of sp³-hybridized carbons (Fsp3) is 0.193. The zero-order valence-electron chi connectivity index (χ0n) is 46.2. The molecule has 9 rings (SSSR count). The Morgan fingerprint density at radius 2 is 0.988 bits per heavy atom. The number of carbonyl (C=O) groups is 7. The van der Waals surface area contributed by atoms with Gasteiger partial charge in [-0.05, 0) is 69.7 Å². The van der Waals surface area contributed by atoms with Crippen LogP contribution in [0.25, 0.3) is 6.08 Å². The quantitative estimate of drug-likeness (QED) is 0.0247. The summed E-state index contributed by atoms with van der Waals surface area (Å²) in [6.07, 6.45) is 6.84. The smallest absolute Gasteiger partial charge is 0.341 e. The number of hydrogen-bond acceptors (Lipinski definition) is 17. The van der Waals surface area contributed by atoms with Crippen LogP contribution in [0.15, 0.2) is 138 Å². The van der Waals surface area contributed by atoms with Gasteiger partial charge in [-0.3, -0.25) is 24.3 Å². The Kier molecular flexibility index (Phi) is 27.7. The monoisotopic (exact) mass is 1320 g/mol. The molecule has 0 aliphatic carbocycles. The first-order valence-electron chi connectivity index (χ1n) is 24.4. The molecular formula is C57H53Cl8N9O11. The molecule has 20 nitrogen and oxygen atoms in total. The van der Waals surface area contributed by atoms with Gasteiger partial charge in [-0.1, -0.05) is 141 Å². The second-order valence-corrected chi connectivity index (χ2v) is 20.3. The summed E-state index contributed by atoms with van der Waals surface area (Å²) in [5.41, 5.74) is 9.68. The summed E-state index contributed by atoms with van der Waals surface area (Å²) in [6, 6.07) is 24.9. The van der Waals surface area contributed by atoms with Gasteiger partial charge in [0.25, 0.3) is 0 Å². The number of benzene rings is 4. The largest absolute Gasteiger partial charge is 0.469 e. The van der Waals surface area contributed by atoms with Gasteiger partial charge in [-0.2, -0.15) is 15.3 Å². The van der Waals surface area contributed by atoms with Crippen molar-refractivity contribution in [2.45, 2.75) is 46.2 Å². The molecule has 0 radical (unpaired) electrons. The Bertz CT molecular complexity index is 3530. The van der Waals surface area contributed by atoms with Gasteiger partial charge >= 0.3 is 23.9 Å². The van der Waals surface area contributed by atoms with Crippen LogP contribution in [0.5, 0.6) is 0 Å². The van der Waals surface area contributed by atoms with Gasteiger partial charge in [0.1, 0.15) is 47.3 Å². The minimum absolute atomic E-state index is 0.0725. The van der Waals surface area contributed by atoms with E-state index in [-0.39, 0.29) is 22.8 Å². The van der Waals surface area contributed by atoms with Crippen LogP contribution in [0.3, 0.4) is 0 Å². The highest BCUT2D eigenvalue weighted by molar-refractivity contribution is 6.44. The van der Waals surface area contributed by atoms with Crippen molar-refractivity contribution >= 4 is 158 Å². The van der Waals surface area contributed by atoms with E-state index < -0.39 is 41.7 Å². The standard InChI is InChI=1S/2C15H13Cl2N3O2.C12H10Cl2O3.C7H4Cl2O.C5H8O3.C3H5N3/c2*1-8-12(15(21)22-2)14(20-11(19-8)6-7-18-20)9-4-3-5-10(16)13(9)17;1-7(15)9(12(16)17-2)6-8-4-3-5-10(13)11(8)14;8-6-3-1-2-5(4-10)7(6)9;1-4(6)3-5(7)8-2;4-3-1-2-5-6-3/h2*3-7,14,19H,1-2H3;3-6H,1-2H3;1-4H;3H2,1-2H3;1-2H,(H3,4,5,6). The number of allylic oxidation sites excluding steroid dienone is 2. The number of aldehydes is 1. The van der Waals surface area contributed by atoms with Crippen molar-refractivity contribution in [3.8, 4) is 0 Å². The third kappa shape index (κ3) is 18.9. The number of methoxy groups -OCH3 is 4. The molecule has 0 saturated heterocycles. The number of ether oxygens (including phenoxy) is 4. The molecule has 5 N–H and O–H groups in total. The van der Waals surface area contributed by atoms with Crippen LogP contribution >= 0.6 is 92.8 Å². The number of fused-ring (bicyclic) bond motifs is 2. The van der Waals surface area contributed by atoms with Crippen molar-refractivity contribution < 1.29 is 52.5 Å². The number of hydrogen-bond donors (Lipinski definition) is 4. The Balaban J connectivity index is 0.000000231. The number of nitrogens with two attached hydrogens (primary N) is 1. The molecule has 0 amide bonds. The highest BCUT2D eigenvalue weighted by Gasteiger charge is 2.36. The summed E-state index contributed by atoms with van der Waals surface area (Å²) in [6.45, 7) is 6.25. The van der Waals surface area contributed by atoms with E-state index in [2.05, 4.69) is 40.5 Å². The Hall–Kier alpha value is -7.66. The fourth-order valence-corrected chi connectivity index (χ4v) is 9.09. The molecule has 4 aromatic carbocycles. The first-order valence-corrected chi connectivity index (χ1v) is 27.4. The minimum atomic E-state index is -0.700. The van der Waals surface area contributed by atoms with Gasteiger partial charge in [0.2, 0.25) is 0 Å². The number of H-pyrrole nitrogens is 1. The average Bonchev–Trinajstić information content (AvgIpc) is 4.29. The maximum absolute atomic E-state index is 12.3. The number of anilines is 3. The van der Waals surface area contributed by atoms with E-state index in [1.54, 1.807) is 94.7 Å². The molecule has 5 heterocycles. The number of aromatic amines is 1. The van der Waals surface area contributed by atoms with E-state index in [0.29, 0.717) is 92.1 Å². The zero-order valence-corrected chi connectivity index (χ0v) is 52.3. The number of rotatable bonds is 10. The number of carbonyl (C=O) groups excluding carboxylic acids is 7. The van der Waals surface area contributed by atoms with Crippen LogP contribution in [0.2, 0.25) is 40.2 Å². The number of ketones is 2. The fourth-order valence-electron chi connectivity index (χ4n) is 7.55. The summed E-state index contributed by atoms with van der Waals surface area (Å²) in [7, 11) is 5.15. The highest BCUT2D eigenvalue weighted by atomic mass is 35.5. The number of nitrogens with zero attached hydrogens (tertiary/aromatic N) is 5. The van der Waals surface area contributed by atoms with Crippen LogP contribution < -0.4 is 16.4 Å². The second-order valence-electron chi connectivity index (χ2n) is 17.2. The molecule has 0 fully saturated rings. The normalized spacial score (nSPS) is 13.5. The van der Waals surface area contributed by atoms with Crippen LogP contribution in [0, 0.1) is 0 Å². The summed E-state index contributed by atoms with van der Waals surface area (Å²) < 4.78 is 21.9. The average molecular weight is 1320 g/mol. The Morgan fingerprint density at radius 1 is 0.565 bits per heavy atom. The SMILES string of the molecule is COC(=O)C(=Cc1cccc(Cl)c1Cl)C(C)=O.COC(=O)C1=C(C)Nc2ccnn2C1c1cccc(Cl)c1Cl.COC(=O)C1=C(C)Nc2ccnn2C1c1cccc(Cl)c1Cl.COC(=O)CC(C)=O.Nc1ccn[nH]1.O=Cc1cccc(Cl)c1Cl. The predicted molar refractivity (Wildman–Crippen MR) is 330 cm³/mol. The van der Waals surface area contributed by atoms with Crippen LogP contribution in [0.4, 0.5) is 17.5 Å². The zero-order chi connectivity index (χ0) is 63.2. The van der Waals surface area contributed by atoms with Gasteiger partial charge in [0.05, 0.1) is 98.4 Å². The summed E-state index contributed by atoms with van der Waals surface area (Å²) in [5, 5.41) is 24.0. The van der Waals surface area contributed by atoms with Gasteiger partial charge in [0.15, 0.2) is 12.1 Å². The maximum Gasteiger partial charge on any atom is 0.341 e. The van der Waals surface area contributed by atoms with E-state index >= 15 is 0 Å². The van der Waals surface area contributed by atoms with E-state index in [0.717, 1.165) is 11.6 Å². The molecule has 0 bridgehead atoms. The lowest BCUT2D eigenvalue weighted by atomic mass is 9.95. The van der Waals surface area contributed by atoms with E-state index in [1.165, 1.54) is 48.4 Å². The minimum Gasteiger partial charge on any atom is -0.469 e. The molecule has 2 aliphatic rings. The number of esters is 4. The topological polar surface area (TPSA) is 271 Å². The van der Waals surface area contributed by atoms with Crippen LogP contribution in [-0.2, 0) is 47.7 Å². The van der Waals surface area contributed by atoms with Crippen LogP contribution in [0.1, 0.15) is 73.2 Å². The van der Waals surface area contributed by atoms with Crippen molar-refractivity contribution in [1.82, 2.24) is 29.8 Å². The van der Waals surface area contributed by atoms with E-state index in [9.17, 15) is 33.6 Å². The second kappa shape index (κ2) is 33.7. The summed E-state index contributed by atoms with van der Waals surface area (Å²) in [5.74, 6) is -0.470. The molecule has 7 aromatic rings. The van der Waals surface area contributed by atoms with Crippen LogP contribution in [-0.4, -0.2) is 99.9 Å². The molecule has 2 unspecified atom stereocenters.